The molecule has 41 heavy (non-hydrogen) atoms. The lowest BCUT2D eigenvalue weighted by Crippen LogP contribution is -2.25. The van der Waals surface area contributed by atoms with Crippen molar-refractivity contribution in [2.24, 2.45) is 4.99 Å². The van der Waals surface area contributed by atoms with Gasteiger partial charge in [-0.1, -0.05) is 36.4 Å². The number of carbonyl (C=O) groups is 1. The minimum atomic E-state index is -3.68. The van der Waals surface area contributed by atoms with Crippen LogP contribution in [0.5, 0.6) is 0 Å². The highest BCUT2D eigenvalue weighted by Crippen LogP contribution is 2.42. The van der Waals surface area contributed by atoms with E-state index >= 15 is 0 Å². The molecule has 1 aliphatic heterocycles. The van der Waals surface area contributed by atoms with Crippen molar-refractivity contribution in [3.05, 3.63) is 101 Å². The van der Waals surface area contributed by atoms with Gasteiger partial charge in [0.1, 0.15) is 17.2 Å². The van der Waals surface area contributed by atoms with Crippen LogP contribution in [-0.4, -0.2) is 45.4 Å². The first kappa shape index (κ1) is 26.4. The number of sulfonamides is 1. The van der Waals surface area contributed by atoms with E-state index in [0.717, 1.165) is 27.4 Å². The SMILES string of the molecule is CNC(=O)c1c(-c2ccc(F)cc2)oc2cc(N(C)S(C)(=O)=O)c(-c3ccc4c(n3)N=C(c3ccccc3)C4)cc12. The van der Waals surface area contributed by atoms with E-state index in [4.69, 9.17) is 14.4 Å². The average molecular weight is 569 g/mol. The molecule has 206 valence electrons. The molecular weight excluding hydrogens is 543 g/mol. The van der Waals surface area contributed by atoms with E-state index in [9.17, 15) is 17.6 Å². The highest BCUT2D eigenvalue weighted by molar-refractivity contribution is 7.92. The van der Waals surface area contributed by atoms with Gasteiger partial charge in [0.05, 0.1) is 28.9 Å². The van der Waals surface area contributed by atoms with Crippen molar-refractivity contribution in [3.63, 3.8) is 0 Å². The number of amides is 1. The van der Waals surface area contributed by atoms with Crippen molar-refractivity contribution in [2.75, 3.05) is 24.7 Å². The van der Waals surface area contributed by atoms with Gasteiger partial charge in [-0.2, -0.15) is 0 Å². The van der Waals surface area contributed by atoms with Crippen LogP contribution in [0.3, 0.4) is 0 Å². The van der Waals surface area contributed by atoms with Crippen LogP contribution in [0.2, 0.25) is 0 Å². The third-order valence-corrected chi connectivity index (χ3v) is 8.33. The topological polar surface area (TPSA) is 105 Å². The number of hydrogen-bond acceptors (Lipinski definition) is 6. The fraction of sp³-hybridized carbons (Fsp3) is 0.129. The Labute approximate surface area is 236 Å². The molecule has 0 spiro atoms. The Morgan fingerprint density at radius 2 is 1.73 bits per heavy atom. The van der Waals surface area contributed by atoms with Gasteiger partial charge in [-0.05, 0) is 42.0 Å². The quantitative estimate of drug-likeness (QED) is 0.282. The maximum Gasteiger partial charge on any atom is 0.255 e. The highest BCUT2D eigenvalue weighted by Gasteiger charge is 2.27. The zero-order chi connectivity index (χ0) is 28.9. The highest BCUT2D eigenvalue weighted by atomic mass is 32.2. The average Bonchev–Trinajstić information content (AvgIpc) is 3.57. The summed E-state index contributed by atoms with van der Waals surface area (Å²) >= 11 is 0. The lowest BCUT2D eigenvalue weighted by molar-refractivity contribution is 0.0964. The number of rotatable bonds is 6. The molecule has 0 fully saturated rings. The van der Waals surface area contributed by atoms with Crippen molar-refractivity contribution in [1.82, 2.24) is 10.3 Å². The van der Waals surface area contributed by atoms with Gasteiger partial charge in [0.25, 0.3) is 5.91 Å². The Balaban J connectivity index is 1.58. The molecule has 0 aliphatic carbocycles. The molecule has 0 bridgehead atoms. The van der Waals surface area contributed by atoms with E-state index in [0.29, 0.717) is 45.7 Å². The van der Waals surface area contributed by atoms with Gasteiger partial charge in [-0.15, -0.1) is 0 Å². The number of nitrogens with zero attached hydrogens (tertiary/aromatic N) is 3. The molecule has 3 heterocycles. The number of aromatic nitrogens is 1. The second-order valence-electron chi connectivity index (χ2n) is 9.77. The maximum atomic E-state index is 13.7. The molecule has 6 rings (SSSR count). The number of hydrogen-bond donors (Lipinski definition) is 1. The summed E-state index contributed by atoms with van der Waals surface area (Å²) in [5.74, 6) is -0.0349. The fourth-order valence-corrected chi connectivity index (χ4v) is 5.45. The Morgan fingerprint density at radius 3 is 2.41 bits per heavy atom. The molecule has 0 atom stereocenters. The van der Waals surface area contributed by atoms with Gasteiger partial charge in [-0.3, -0.25) is 9.10 Å². The predicted octanol–water partition coefficient (Wildman–Crippen LogP) is 5.73. The first-order chi connectivity index (χ1) is 19.6. The number of pyridine rings is 1. The third kappa shape index (κ3) is 4.76. The summed E-state index contributed by atoms with van der Waals surface area (Å²) < 4.78 is 46.3. The molecule has 8 nitrogen and oxygen atoms in total. The molecule has 5 aromatic rings. The molecule has 10 heteroatoms. The summed E-state index contributed by atoms with van der Waals surface area (Å²) in [6, 6.07) is 22.5. The van der Waals surface area contributed by atoms with Gasteiger partial charge in [0.2, 0.25) is 10.0 Å². The number of fused-ring (bicyclic) bond motifs is 2. The molecule has 0 unspecified atom stereocenters. The minimum absolute atomic E-state index is 0.239. The van der Waals surface area contributed by atoms with Gasteiger partial charge in [0, 0.05) is 48.7 Å². The summed E-state index contributed by atoms with van der Waals surface area (Å²) in [6.07, 6.45) is 1.74. The molecule has 0 saturated heterocycles. The normalized spacial score (nSPS) is 12.7. The second kappa shape index (κ2) is 9.97. The third-order valence-electron chi connectivity index (χ3n) is 7.14. The molecule has 0 radical (unpaired) electrons. The molecule has 3 aromatic carbocycles. The van der Waals surface area contributed by atoms with Crippen LogP contribution in [-0.2, 0) is 16.4 Å². The Bertz CT molecular complexity index is 1970. The van der Waals surface area contributed by atoms with Crippen molar-refractivity contribution in [3.8, 4) is 22.6 Å². The number of nitrogens with one attached hydrogen (secondary N) is 1. The van der Waals surface area contributed by atoms with Gasteiger partial charge >= 0.3 is 0 Å². The first-order valence-electron chi connectivity index (χ1n) is 12.8. The van der Waals surface area contributed by atoms with Gasteiger partial charge in [-0.25, -0.2) is 22.8 Å². The van der Waals surface area contributed by atoms with Crippen LogP contribution in [0.15, 0.2) is 88.3 Å². The number of furan rings is 1. The Hall–Kier alpha value is -4.83. The summed E-state index contributed by atoms with van der Waals surface area (Å²) in [4.78, 5) is 22.7. The van der Waals surface area contributed by atoms with Crippen molar-refractivity contribution < 1.29 is 22.0 Å². The van der Waals surface area contributed by atoms with Crippen LogP contribution in [0.4, 0.5) is 15.9 Å². The van der Waals surface area contributed by atoms with E-state index in [1.54, 1.807) is 12.1 Å². The standard InChI is InChI=1S/C31H25FN4O4S/c1-33-31(37)28-23-16-22(24-14-11-20-15-25(35-30(20)34-24)18-7-5-4-6-8-18)26(36(2)41(3,38)39)17-27(23)40-29(28)19-9-12-21(32)13-10-19/h4-14,16-17H,15H2,1-3H3,(H,33,37). The van der Waals surface area contributed by atoms with Gasteiger partial charge in [0.15, 0.2) is 5.82 Å². The van der Waals surface area contributed by atoms with E-state index < -0.39 is 21.7 Å². The molecule has 0 saturated carbocycles. The summed E-state index contributed by atoms with van der Waals surface area (Å²) in [6.45, 7) is 0. The van der Waals surface area contributed by atoms with E-state index in [2.05, 4.69) is 5.32 Å². The molecule has 1 aliphatic rings. The monoisotopic (exact) mass is 568 g/mol. The van der Waals surface area contributed by atoms with Crippen molar-refractivity contribution in [2.45, 2.75) is 6.42 Å². The molecule has 1 amide bonds. The van der Waals surface area contributed by atoms with Crippen LogP contribution < -0.4 is 9.62 Å². The minimum Gasteiger partial charge on any atom is -0.455 e. The van der Waals surface area contributed by atoms with Crippen LogP contribution in [0.1, 0.15) is 21.5 Å². The van der Waals surface area contributed by atoms with E-state index in [1.807, 2.05) is 42.5 Å². The zero-order valence-electron chi connectivity index (χ0n) is 22.5. The Morgan fingerprint density at radius 1 is 1.00 bits per heavy atom. The van der Waals surface area contributed by atoms with Crippen LogP contribution in [0.25, 0.3) is 33.6 Å². The number of halogens is 1. The van der Waals surface area contributed by atoms with E-state index in [-0.39, 0.29) is 11.3 Å². The number of benzene rings is 3. The number of carbonyl (C=O) groups excluding carboxylic acids is 1. The molecule has 1 N–H and O–H groups in total. The summed E-state index contributed by atoms with van der Waals surface area (Å²) in [5.41, 5.74) is 5.19. The van der Waals surface area contributed by atoms with Crippen LogP contribution >= 0.6 is 0 Å². The van der Waals surface area contributed by atoms with E-state index in [1.165, 1.54) is 38.4 Å². The summed E-state index contributed by atoms with van der Waals surface area (Å²) in [5, 5.41) is 3.10. The van der Waals surface area contributed by atoms with Gasteiger partial charge < -0.3 is 9.73 Å². The largest absolute Gasteiger partial charge is 0.455 e. The lowest BCUT2D eigenvalue weighted by Gasteiger charge is -2.20. The van der Waals surface area contributed by atoms with Crippen molar-refractivity contribution in [1.29, 1.82) is 0 Å². The lowest BCUT2D eigenvalue weighted by atomic mass is 10.00. The number of aliphatic imine (C=N–C) groups is 1. The van der Waals surface area contributed by atoms with Crippen molar-refractivity contribution >= 4 is 44.1 Å². The Kier molecular flexibility index (Phi) is 6.42. The molecular formula is C31H25FN4O4S. The fourth-order valence-electron chi connectivity index (χ4n) is 4.94. The summed E-state index contributed by atoms with van der Waals surface area (Å²) in [7, 11) is -0.724. The molecule has 2 aromatic heterocycles. The maximum absolute atomic E-state index is 13.7. The van der Waals surface area contributed by atoms with Crippen LogP contribution in [0, 0.1) is 5.82 Å². The second-order valence-corrected chi connectivity index (χ2v) is 11.8. The number of anilines is 1. The zero-order valence-corrected chi connectivity index (χ0v) is 23.3. The predicted molar refractivity (Wildman–Crippen MR) is 158 cm³/mol. The first-order valence-corrected chi connectivity index (χ1v) is 14.6. The smallest absolute Gasteiger partial charge is 0.255 e.